The summed E-state index contributed by atoms with van der Waals surface area (Å²) >= 11 is 0. The van der Waals surface area contributed by atoms with Crippen LogP contribution in [0, 0.1) is 5.92 Å². The zero-order chi connectivity index (χ0) is 16.1. The second-order valence-corrected chi connectivity index (χ2v) is 5.26. The largest absolute Gasteiger partial charge is 0.392 e. The third kappa shape index (κ3) is 3.33. The van der Waals surface area contributed by atoms with Gasteiger partial charge in [0.1, 0.15) is 12.6 Å². The molecule has 6 heteroatoms. The van der Waals surface area contributed by atoms with Crippen molar-refractivity contribution in [3.8, 4) is 0 Å². The zero-order valence-corrected chi connectivity index (χ0v) is 12.7. The van der Waals surface area contributed by atoms with Gasteiger partial charge in [0.15, 0.2) is 0 Å². The molecule has 6 nitrogen and oxygen atoms in total. The Kier molecular flexibility index (Phi) is 4.93. The lowest BCUT2D eigenvalue weighted by Gasteiger charge is -2.14. The lowest BCUT2D eigenvalue weighted by molar-refractivity contribution is -0.119. The van der Waals surface area contributed by atoms with Crippen molar-refractivity contribution in [3.05, 3.63) is 42.5 Å². The fourth-order valence-corrected chi connectivity index (χ4v) is 2.10. The first-order valence-electron chi connectivity index (χ1n) is 7.05. The van der Waals surface area contributed by atoms with Gasteiger partial charge in [-0.1, -0.05) is 43.8 Å². The number of urea groups is 1. The van der Waals surface area contributed by atoms with Crippen molar-refractivity contribution >= 4 is 23.8 Å². The lowest BCUT2D eigenvalue weighted by Crippen LogP contribution is -2.34. The second kappa shape index (κ2) is 6.89. The lowest BCUT2D eigenvalue weighted by atomic mass is 10.0. The Balaban J connectivity index is 2.10. The highest BCUT2D eigenvalue weighted by molar-refractivity contribution is 6.21. The van der Waals surface area contributed by atoms with Gasteiger partial charge < -0.3 is 10.2 Å². The number of oxime groups is 1. The van der Waals surface area contributed by atoms with Gasteiger partial charge >= 0.3 is 6.03 Å². The summed E-state index contributed by atoms with van der Waals surface area (Å²) in [6.07, 6.45) is 3.15. The standard InChI is InChI=1S/C16H19N3O3/c1-4-9-22-17-10-12-5-7-13(8-6-12)19-15(20)14(11(2)3)18-16(19)21/h4-8,10-11,14H,1,9H2,2-3H3,(H,18,21). The highest BCUT2D eigenvalue weighted by Gasteiger charge is 2.40. The van der Waals surface area contributed by atoms with Crippen molar-refractivity contribution in [3.63, 3.8) is 0 Å². The number of nitrogens with zero attached hydrogens (tertiary/aromatic N) is 2. The van der Waals surface area contributed by atoms with Crippen molar-refractivity contribution in [1.29, 1.82) is 0 Å². The van der Waals surface area contributed by atoms with E-state index in [2.05, 4.69) is 17.1 Å². The number of carbonyl (C=O) groups excluding carboxylic acids is 2. The Morgan fingerprint density at radius 1 is 1.36 bits per heavy atom. The molecular formula is C16H19N3O3. The maximum Gasteiger partial charge on any atom is 0.329 e. The van der Waals surface area contributed by atoms with E-state index < -0.39 is 6.04 Å². The molecule has 0 aromatic heterocycles. The Morgan fingerprint density at radius 3 is 2.59 bits per heavy atom. The smallest absolute Gasteiger partial charge is 0.329 e. The minimum absolute atomic E-state index is 0.0508. The van der Waals surface area contributed by atoms with Gasteiger partial charge in [-0.25, -0.2) is 9.69 Å². The average Bonchev–Trinajstić information content (AvgIpc) is 2.80. The normalized spacial score (nSPS) is 18.1. The summed E-state index contributed by atoms with van der Waals surface area (Å²) in [6, 6.07) is 6.07. The summed E-state index contributed by atoms with van der Waals surface area (Å²) < 4.78 is 0. The summed E-state index contributed by atoms with van der Waals surface area (Å²) in [6.45, 7) is 7.66. The van der Waals surface area contributed by atoms with Crippen LogP contribution in [0.1, 0.15) is 19.4 Å². The van der Waals surface area contributed by atoms with E-state index >= 15 is 0 Å². The van der Waals surface area contributed by atoms with Crippen LogP contribution in [0.3, 0.4) is 0 Å². The van der Waals surface area contributed by atoms with Crippen LogP contribution in [0.15, 0.2) is 42.1 Å². The summed E-state index contributed by atoms with van der Waals surface area (Å²) in [7, 11) is 0. The molecule has 1 fully saturated rings. The molecule has 0 aliphatic carbocycles. The molecule has 1 heterocycles. The van der Waals surface area contributed by atoms with Crippen LogP contribution in [0.5, 0.6) is 0 Å². The van der Waals surface area contributed by atoms with E-state index in [-0.39, 0.29) is 17.9 Å². The number of imide groups is 1. The van der Waals surface area contributed by atoms with Gasteiger partial charge in [0.25, 0.3) is 5.91 Å². The van der Waals surface area contributed by atoms with Gasteiger partial charge in [0, 0.05) is 0 Å². The van der Waals surface area contributed by atoms with Gasteiger partial charge in [-0.2, -0.15) is 0 Å². The molecule has 1 aliphatic heterocycles. The van der Waals surface area contributed by atoms with Crippen LogP contribution in [-0.4, -0.2) is 30.8 Å². The molecule has 1 N–H and O–H groups in total. The van der Waals surface area contributed by atoms with E-state index in [1.165, 1.54) is 4.90 Å². The second-order valence-electron chi connectivity index (χ2n) is 5.26. The van der Waals surface area contributed by atoms with Crippen molar-refractivity contribution < 1.29 is 14.4 Å². The molecule has 2 rings (SSSR count). The van der Waals surface area contributed by atoms with E-state index in [0.717, 1.165) is 5.56 Å². The quantitative estimate of drug-likeness (QED) is 0.288. The number of nitrogens with one attached hydrogen (secondary N) is 1. The summed E-state index contributed by atoms with van der Waals surface area (Å²) in [4.78, 5) is 30.3. The molecule has 1 aromatic rings. The number of rotatable bonds is 6. The molecule has 0 saturated carbocycles. The molecule has 1 unspecified atom stereocenters. The molecule has 3 amide bonds. The minimum atomic E-state index is -0.471. The molecule has 1 saturated heterocycles. The van der Waals surface area contributed by atoms with E-state index in [0.29, 0.717) is 12.3 Å². The molecular weight excluding hydrogens is 282 g/mol. The third-order valence-electron chi connectivity index (χ3n) is 3.26. The third-order valence-corrected chi connectivity index (χ3v) is 3.26. The van der Waals surface area contributed by atoms with E-state index in [1.54, 1.807) is 36.6 Å². The first-order valence-corrected chi connectivity index (χ1v) is 7.05. The molecule has 1 atom stereocenters. The van der Waals surface area contributed by atoms with Crippen LogP contribution < -0.4 is 10.2 Å². The van der Waals surface area contributed by atoms with Gasteiger partial charge in [0.05, 0.1) is 11.9 Å². The zero-order valence-electron chi connectivity index (χ0n) is 12.7. The average molecular weight is 301 g/mol. The van der Waals surface area contributed by atoms with E-state index in [9.17, 15) is 9.59 Å². The minimum Gasteiger partial charge on any atom is -0.392 e. The summed E-state index contributed by atoms with van der Waals surface area (Å²) in [5.41, 5.74) is 1.34. The fourth-order valence-electron chi connectivity index (χ4n) is 2.10. The fraction of sp³-hybridized carbons (Fsp3) is 0.312. The monoisotopic (exact) mass is 301 g/mol. The molecule has 0 bridgehead atoms. The van der Waals surface area contributed by atoms with Crippen molar-refractivity contribution in [2.45, 2.75) is 19.9 Å². The van der Waals surface area contributed by atoms with E-state index in [1.807, 2.05) is 13.8 Å². The Labute approximate surface area is 129 Å². The van der Waals surface area contributed by atoms with Gasteiger partial charge in [-0.15, -0.1) is 0 Å². The highest BCUT2D eigenvalue weighted by Crippen LogP contribution is 2.22. The number of hydrogen-bond donors (Lipinski definition) is 1. The molecule has 1 aliphatic rings. The molecule has 0 spiro atoms. The first-order chi connectivity index (χ1) is 10.5. The van der Waals surface area contributed by atoms with Gasteiger partial charge in [-0.3, -0.25) is 4.79 Å². The van der Waals surface area contributed by atoms with Crippen LogP contribution in [0.4, 0.5) is 10.5 Å². The Bertz CT molecular complexity index is 593. The number of benzene rings is 1. The van der Waals surface area contributed by atoms with E-state index in [4.69, 9.17) is 4.84 Å². The summed E-state index contributed by atoms with van der Waals surface area (Å²) in [5.74, 6) is -0.175. The number of carbonyl (C=O) groups is 2. The van der Waals surface area contributed by atoms with Gasteiger partial charge in [0.2, 0.25) is 0 Å². The highest BCUT2D eigenvalue weighted by atomic mass is 16.6. The molecule has 116 valence electrons. The predicted molar refractivity (Wildman–Crippen MR) is 84.8 cm³/mol. The van der Waals surface area contributed by atoms with Crippen LogP contribution in [-0.2, 0) is 9.63 Å². The topological polar surface area (TPSA) is 71.0 Å². The van der Waals surface area contributed by atoms with Crippen molar-refractivity contribution in [2.24, 2.45) is 11.1 Å². The van der Waals surface area contributed by atoms with Crippen molar-refractivity contribution in [1.82, 2.24) is 5.32 Å². The molecule has 22 heavy (non-hydrogen) atoms. The Morgan fingerprint density at radius 2 is 2.05 bits per heavy atom. The van der Waals surface area contributed by atoms with Gasteiger partial charge in [-0.05, 0) is 23.6 Å². The maximum atomic E-state index is 12.3. The summed E-state index contributed by atoms with van der Waals surface area (Å²) in [5, 5.41) is 6.46. The molecule has 1 aromatic carbocycles. The van der Waals surface area contributed by atoms with Crippen LogP contribution >= 0.6 is 0 Å². The first kappa shape index (κ1) is 15.8. The maximum absolute atomic E-state index is 12.3. The number of anilines is 1. The predicted octanol–water partition coefficient (Wildman–Crippen LogP) is 2.30. The van der Waals surface area contributed by atoms with Crippen LogP contribution in [0.2, 0.25) is 0 Å². The number of amides is 3. The van der Waals surface area contributed by atoms with Crippen LogP contribution in [0.25, 0.3) is 0 Å². The Hall–Kier alpha value is -2.63. The SMILES string of the molecule is C=CCON=Cc1ccc(N2C(=O)NC(C(C)C)C2=O)cc1. The number of hydrogen-bond acceptors (Lipinski definition) is 4. The molecule has 0 radical (unpaired) electrons. The van der Waals surface area contributed by atoms with Crippen molar-refractivity contribution in [2.75, 3.05) is 11.5 Å².